The maximum atomic E-state index is 12.6. The smallest absolute Gasteiger partial charge is 0.319 e. The van der Waals surface area contributed by atoms with Gasteiger partial charge in [-0.15, -0.1) is 0 Å². The minimum atomic E-state index is -0.676. The number of nitrogens with one attached hydrogen (secondary N) is 1. The number of hydrogen-bond acceptors (Lipinski definition) is 9. The number of nitrogens with zero attached hydrogens (tertiary/aromatic N) is 4. The number of aliphatic imine (C=N–C) groups is 1. The Bertz CT molecular complexity index is 1070. The molecule has 1 aliphatic rings. The summed E-state index contributed by atoms with van der Waals surface area (Å²) in [7, 11) is 1.39. The molecule has 2 heterocycles. The first-order valence-electron chi connectivity index (χ1n) is 11.2. The molecule has 1 aromatic carbocycles. The molecule has 0 spiro atoms. The van der Waals surface area contributed by atoms with Gasteiger partial charge in [0.2, 0.25) is 0 Å². The molecule has 0 bridgehead atoms. The van der Waals surface area contributed by atoms with E-state index in [-0.39, 0.29) is 46.4 Å². The number of piperidine rings is 1. The van der Waals surface area contributed by atoms with Gasteiger partial charge in [-0.1, -0.05) is 41.9 Å². The number of benzene rings is 1. The summed E-state index contributed by atoms with van der Waals surface area (Å²) < 4.78 is 4.79. The number of carbonyl (C=O) groups excluding carboxylic acids is 2. The second-order valence-electron chi connectivity index (χ2n) is 8.63. The van der Waals surface area contributed by atoms with Gasteiger partial charge in [0.15, 0.2) is 28.4 Å². The predicted molar refractivity (Wildman–Crippen MR) is 135 cm³/mol. The number of methoxy groups -OCH3 is 1. The molecule has 1 amide bonds. The van der Waals surface area contributed by atoms with E-state index in [0.29, 0.717) is 6.54 Å². The van der Waals surface area contributed by atoms with Crippen LogP contribution in [0.2, 0.25) is 5.15 Å². The highest BCUT2D eigenvalue weighted by Gasteiger charge is 2.35. The summed E-state index contributed by atoms with van der Waals surface area (Å²) in [5, 5.41) is 2.37. The molecule has 1 aliphatic heterocycles. The molecule has 2 aromatic rings. The van der Waals surface area contributed by atoms with Crippen LogP contribution in [-0.2, 0) is 16.0 Å². The Morgan fingerprint density at radius 3 is 2.51 bits per heavy atom. The lowest BCUT2D eigenvalue weighted by Crippen LogP contribution is -2.45. The van der Waals surface area contributed by atoms with Crippen molar-refractivity contribution in [2.75, 3.05) is 44.8 Å². The fraction of sp³-hybridized carbons (Fsp3) is 0.435. The minimum Gasteiger partial charge on any atom is -0.468 e. The molecule has 35 heavy (non-hydrogen) atoms. The molecule has 0 saturated carbocycles. The van der Waals surface area contributed by atoms with E-state index in [4.69, 9.17) is 33.5 Å². The molecule has 12 heteroatoms. The number of nitrogen functional groups attached to an aromatic ring is 2. The number of aryl methyl sites for hydroxylation is 1. The van der Waals surface area contributed by atoms with Gasteiger partial charge in [-0.25, -0.2) is 9.97 Å². The zero-order valence-electron chi connectivity index (χ0n) is 19.7. The van der Waals surface area contributed by atoms with Gasteiger partial charge in [0, 0.05) is 6.54 Å². The zero-order valence-corrected chi connectivity index (χ0v) is 20.4. The summed E-state index contributed by atoms with van der Waals surface area (Å²) in [6, 6.07) is 10.2. The van der Waals surface area contributed by atoms with Crippen molar-refractivity contribution in [1.82, 2.24) is 20.2 Å². The standard InChI is InChI=1S/C23H31ClN8O3/c1-35-16(33)13-32-11-9-23(10-12-32,8-7-15-5-3-2-4-6-15)14-28-22(27)31-21(34)17-19(25)30-20(26)18(24)29-17/h2-6H,7-14H2,1H3,(H4,25,26,30)(H3,27,28,31,34). The van der Waals surface area contributed by atoms with Crippen LogP contribution in [-0.4, -0.2) is 66.0 Å². The van der Waals surface area contributed by atoms with Crippen LogP contribution in [0.4, 0.5) is 11.6 Å². The third-order valence-electron chi connectivity index (χ3n) is 6.23. The molecular weight excluding hydrogens is 472 g/mol. The zero-order chi connectivity index (χ0) is 25.4. The molecule has 0 radical (unpaired) electrons. The summed E-state index contributed by atoms with van der Waals surface area (Å²) in [5.74, 6) is -1.21. The highest BCUT2D eigenvalue weighted by atomic mass is 35.5. The van der Waals surface area contributed by atoms with Gasteiger partial charge in [0.1, 0.15) is 0 Å². The second kappa shape index (κ2) is 11.8. The lowest BCUT2D eigenvalue weighted by molar-refractivity contribution is -0.142. The van der Waals surface area contributed by atoms with Gasteiger partial charge in [0.05, 0.1) is 13.7 Å². The average molecular weight is 503 g/mol. The maximum Gasteiger partial charge on any atom is 0.319 e. The number of carbonyl (C=O) groups is 2. The average Bonchev–Trinajstić information content (AvgIpc) is 2.85. The van der Waals surface area contributed by atoms with Gasteiger partial charge in [-0.05, 0) is 49.8 Å². The number of anilines is 2. The molecule has 1 fully saturated rings. The van der Waals surface area contributed by atoms with Crippen LogP contribution in [0.1, 0.15) is 35.3 Å². The highest BCUT2D eigenvalue weighted by Crippen LogP contribution is 2.36. The van der Waals surface area contributed by atoms with Crippen LogP contribution >= 0.6 is 11.6 Å². The van der Waals surface area contributed by atoms with Crippen molar-refractivity contribution in [2.45, 2.75) is 25.7 Å². The van der Waals surface area contributed by atoms with Crippen molar-refractivity contribution in [2.24, 2.45) is 16.1 Å². The van der Waals surface area contributed by atoms with Crippen molar-refractivity contribution < 1.29 is 14.3 Å². The van der Waals surface area contributed by atoms with Crippen molar-refractivity contribution >= 4 is 41.1 Å². The Morgan fingerprint density at radius 1 is 1.17 bits per heavy atom. The first-order valence-corrected chi connectivity index (χ1v) is 11.6. The van der Waals surface area contributed by atoms with Gasteiger partial charge in [-0.2, -0.15) is 0 Å². The summed E-state index contributed by atoms with van der Waals surface area (Å²) in [4.78, 5) is 38.5. The van der Waals surface area contributed by atoms with Crippen LogP contribution < -0.4 is 22.5 Å². The maximum absolute atomic E-state index is 12.6. The van der Waals surface area contributed by atoms with Crippen LogP contribution in [0.15, 0.2) is 35.3 Å². The van der Waals surface area contributed by atoms with Gasteiger partial charge in [0.25, 0.3) is 5.91 Å². The molecule has 7 N–H and O–H groups in total. The first-order chi connectivity index (χ1) is 16.7. The van der Waals surface area contributed by atoms with Crippen molar-refractivity contribution in [3.63, 3.8) is 0 Å². The number of guanidine groups is 1. The third kappa shape index (κ3) is 7.27. The molecule has 0 atom stereocenters. The van der Waals surface area contributed by atoms with Crippen LogP contribution in [0.5, 0.6) is 0 Å². The molecule has 0 aliphatic carbocycles. The topological polar surface area (TPSA) is 175 Å². The Kier molecular flexibility index (Phi) is 8.83. The van der Waals surface area contributed by atoms with E-state index in [9.17, 15) is 9.59 Å². The predicted octanol–water partition coefficient (Wildman–Crippen LogP) is 1.23. The van der Waals surface area contributed by atoms with E-state index < -0.39 is 5.91 Å². The summed E-state index contributed by atoms with van der Waals surface area (Å²) in [6.07, 6.45) is 3.43. The van der Waals surface area contributed by atoms with E-state index in [0.717, 1.165) is 38.8 Å². The summed E-state index contributed by atoms with van der Waals surface area (Å²) in [5.41, 5.74) is 18.2. The Hall–Kier alpha value is -3.44. The Balaban J connectivity index is 1.68. The number of likely N-dealkylation sites (tertiary alicyclic amines) is 1. The van der Waals surface area contributed by atoms with E-state index in [1.165, 1.54) is 12.7 Å². The monoisotopic (exact) mass is 502 g/mol. The van der Waals surface area contributed by atoms with Crippen molar-refractivity contribution in [3.8, 4) is 0 Å². The number of hydrogen-bond donors (Lipinski definition) is 4. The number of nitrogens with two attached hydrogens (primary N) is 3. The molecule has 3 rings (SSSR count). The van der Waals surface area contributed by atoms with E-state index in [1.807, 2.05) is 18.2 Å². The van der Waals surface area contributed by atoms with Crippen LogP contribution in [0.25, 0.3) is 0 Å². The van der Waals surface area contributed by atoms with Crippen LogP contribution in [0, 0.1) is 5.41 Å². The number of aromatic nitrogens is 2. The lowest BCUT2D eigenvalue weighted by atomic mass is 9.74. The number of rotatable bonds is 8. The number of ether oxygens (including phenoxy) is 1. The number of halogens is 1. The van der Waals surface area contributed by atoms with E-state index >= 15 is 0 Å². The van der Waals surface area contributed by atoms with Gasteiger partial charge in [-0.3, -0.25) is 24.8 Å². The van der Waals surface area contributed by atoms with Crippen molar-refractivity contribution in [3.05, 3.63) is 46.7 Å². The number of amides is 1. The fourth-order valence-electron chi connectivity index (χ4n) is 4.05. The van der Waals surface area contributed by atoms with Gasteiger partial charge < -0.3 is 21.9 Å². The summed E-state index contributed by atoms with van der Waals surface area (Å²) in [6.45, 7) is 2.16. The highest BCUT2D eigenvalue weighted by molar-refractivity contribution is 6.31. The van der Waals surface area contributed by atoms with Crippen molar-refractivity contribution in [1.29, 1.82) is 0 Å². The lowest BCUT2D eigenvalue weighted by Gasteiger charge is -2.41. The Morgan fingerprint density at radius 2 is 1.86 bits per heavy atom. The minimum absolute atomic E-state index is 0.0553. The first kappa shape index (κ1) is 26.2. The third-order valence-corrected chi connectivity index (χ3v) is 6.51. The van der Waals surface area contributed by atoms with E-state index in [1.54, 1.807) is 0 Å². The largest absolute Gasteiger partial charge is 0.468 e. The molecule has 1 saturated heterocycles. The molecule has 0 unspecified atom stereocenters. The second-order valence-corrected chi connectivity index (χ2v) is 8.98. The molecule has 188 valence electrons. The molecular formula is C23H31ClN8O3. The molecule has 1 aromatic heterocycles. The summed E-state index contributed by atoms with van der Waals surface area (Å²) >= 11 is 5.86. The number of esters is 1. The molecule has 11 nitrogen and oxygen atoms in total. The Labute approximate surface area is 209 Å². The normalized spacial score (nSPS) is 16.0. The SMILES string of the molecule is COC(=O)CN1CCC(CCc2ccccc2)(CN=C(N)NC(=O)c2nc(Cl)c(N)nc2N)CC1. The van der Waals surface area contributed by atoms with E-state index in [2.05, 4.69) is 37.3 Å². The quantitative estimate of drug-likeness (QED) is 0.235. The fourth-order valence-corrected chi connectivity index (χ4v) is 4.18. The van der Waals surface area contributed by atoms with Gasteiger partial charge >= 0.3 is 5.97 Å². The van der Waals surface area contributed by atoms with Crippen LogP contribution in [0.3, 0.4) is 0 Å².